The molecule has 3 nitrogen and oxygen atoms in total. The van der Waals surface area contributed by atoms with Crippen LogP contribution in [0.3, 0.4) is 0 Å². The molecule has 1 aromatic heterocycles. The third-order valence-electron chi connectivity index (χ3n) is 2.76. The fourth-order valence-electron chi connectivity index (χ4n) is 1.84. The zero-order valence-corrected chi connectivity index (χ0v) is 12.8. The van der Waals surface area contributed by atoms with E-state index >= 15 is 0 Å². The van der Waals surface area contributed by atoms with E-state index in [-0.39, 0.29) is 0 Å². The number of benzene rings is 1. The van der Waals surface area contributed by atoms with Crippen LogP contribution in [0.4, 0.5) is 19.1 Å². The summed E-state index contributed by atoms with van der Waals surface area (Å²) in [5.41, 5.74) is 0.365. The van der Waals surface area contributed by atoms with Gasteiger partial charge in [-0.1, -0.05) is 6.08 Å². The van der Waals surface area contributed by atoms with Crippen LogP contribution in [0.5, 0.6) is 0 Å². The van der Waals surface area contributed by atoms with Gasteiger partial charge in [0.1, 0.15) is 0 Å². The van der Waals surface area contributed by atoms with Gasteiger partial charge in [0.25, 0.3) is 0 Å². The van der Waals surface area contributed by atoms with Crippen LogP contribution in [0.2, 0.25) is 0 Å². The minimum absolute atomic E-state index is 0.372. The van der Waals surface area contributed by atoms with Gasteiger partial charge in [-0.15, -0.1) is 6.58 Å². The van der Waals surface area contributed by atoms with Crippen molar-refractivity contribution in [2.75, 3.05) is 11.9 Å². The number of rotatable bonds is 4. The highest BCUT2D eigenvalue weighted by Crippen LogP contribution is 2.34. The molecular weight excluding hydrogens is 347 g/mol. The molecule has 0 saturated carbocycles. The quantitative estimate of drug-likeness (QED) is 0.811. The molecule has 21 heavy (non-hydrogen) atoms. The summed E-state index contributed by atoms with van der Waals surface area (Å²) in [5.74, 6) is 0.465. The number of nitrogens with one attached hydrogen (secondary N) is 1. The Morgan fingerprint density at radius 1 is 1.43 bits per heavy atom. The summed E-state index contributed by atoms with van der Waals surface area (Å²) in [7, 11) is 0. The van der Waals surface area contributed by atoms with Gasteiger partial charge in [0, 0.05) is 17.2 Å². The molecule has 0 aliphatic carbocycles. The van der Waals surface area contributed by atoms with E-state index in [9.17, 15) is 13.2 Å². The van der Waals surface area contributed by atoms with Crippen molar-refractivity contribution in [3.63, 3.8) is 0 Å². The lowest BCUT2D eigenvalue weighted by Crippen LogP contribution is -2.09. The summed E-state index contributed by atoms with van der Waals surface area (Å²) < 4.78 is 40.7. The van der Waals surface area contributed by atoms with Crippen molar-refractivity contribution in [2.45, 2.75) is 13.1 Å². The highest BCUT2D eigenvalue weighted by Gasteiger charge is 2.31. The Bertz CT molecular complexity index is 662. The number of halogens is 4. The van der Waals surface area contributed by atoms with Crippen LogP contribution in [0.1, 0.15) is 11.3 Å². The monoisotopic (exact) mass is 359 g/mol. The SMILES string of the molecule is C=CCNc1nc(C)cn1-c1cc(C(F)(F)F)ccc1Br. The molecule has 112 valence electrons. The first kappa shape index (κ1) is 15.6. The molecule has 0 aliphatic heterocycles. The molecule has 0 aliphatic rings. The van der Waals surface area contributed by atoms with Crippen LogP contribution in [-0.4, -0.2) is 16.1 Å². The van der Waals surface area contributed by atoms with E-state index in [0.29, 0.717) is 28.3 Å². The minimum atomic E-state index is -4.39. The number of nitrogens with zero attached hydrogens (tertiary/aromatic N) is 2. The molecule has 2 aromatic rings. The molecule has 1 heterocycles. The third kappa shape index (κ3) is 3.47. The number of hydrogen-bond donors (Lipinski definition) is 1. The van der Waals surface area contributed by atoms with Crippen molar-refractivity contribution in [1.29, 1.82) is 0 Å². The van der Waals surface area contributed by atoms with Crippen LogP contribution in [0.15, 0.2) is 41.5 Å². The first-order chi connectivity index (χ1) is 9.82. The molecule has 0 amide bonds. The second kappa shape index (κ2) is 5.93. The van der Waals surface area contributed by atoms with E-state index in [1.54, 1.807) is 23.8 Å². The number of anilines is 1. The molecule has 0 fully saturated rings. The predicted molar refractivity (Wildman–Crippen MR) is 79.7 cm³/mol. The summed E-state index contributed by atoms with van der Waals surface area (Å²) in [5, 5.41) is 3.00. The maximum absolute atomic E-state index is 12.9. The number of alkyl halides is 3. The topological polar surface area (TPSA) is 29.9 Å². The predicted octanol–water partition coefficient (Wildman–Crippen LogP) is 4.56. The Morgan fingerprint density at radius 2 is 2.14 bits per heavy atom. The van der Waals surface area contributed by atoms with Crippen molar-refractivity contribution in [3.05, 3.63) is 52.8 Å². The second-order valence-electron chi connectivity index (χ2n) is 4.41. The smallest absolute Gasteiger partial charge is 0.352 e. The average Bonchev–Trinajstić information content (AvgIpc) is 2.76. The van der Waals surface area contributed by atoms with Gasteiger partial charge in [-0.25, -0.2) is 4.98 Å². The Balaban J connectivity index is 2.53. The molecule has 0 spiro atoms. The van der Waals surface area contributed by atoms with Gasteiger partial charge in [0.05, 0.1) is 16.9 Å². The van der Waals surface area contributed by atoms with Crippen LogP contribution in [0, 0.1) is 6.92 Å². The lowest BCUT2D eigenvalue weighted by atomic mass is 10.2. The first-order valence-corrected chi connectivity index (χ1v) is 6.90. The lowest BCUT2D eigenvalue weighted by molar-refractivity contribution is -0.137. The number of hydrogen-bond acceptors (Lipinski definition) is 2. The first-order valence-electron chi connectivity index (χ1n) is 6.11. The zero-order chi connectivity index (χ0) is 15.6. The number of aryl methyl sites for hydroxylation is 1. The van der Waals surface area contributed by atoms with Gasteiger partial charge in [0.15, 0.2) is 0 Å². The summed E-state index contributed by atoms with van der Waals surface area (Å²) >= 11 is 3.28. The number of imidazole rings is 1. The zero-order valence-electron chi connectivity index (χ0n) is 11.2. The minimum Gasteiger partial charge on any atom is -0.352 e. The van der Waals surface area contributed by atoms with E-state index < -0.39 is 11.7 Å². The van der Waals surface area contributed by atoms with Gasteiger partial charge in [-0.2, -0.15) is 13.2 Å². The Kier molecular flexibility index (Phi) is 4.41. The van der Waals surface area contributed by atoms with Crippen LogP contribution in [0.25, 0.3) is 5.69 Å². The molecule has 2 rings (SSSR count). The maximum Gasteiger partial charge on any atom is 0.416 e. The summed E-state index contributed by atoms with van der Waals surface area (Å²) in [6.07, 6.45) is -1.07. The summed E-state index contributed by atoms with van der Waals surface area (Å²) in [4.78, 5) is 4.26. The second-order valence-corrected chi connectivity index (χ2v) is 5.26. The van der Waals surface area contributed by atoms with Crippen molar-refractivity contribution < 1.29 is 13.2 Å². The Labute approximate surface area is 128 Å². The van der Waals surface area contributed by atoms with Crippen molar-refractivity contribution in [3.8, 4) is 5.69 Å². The van der Waals surface area contributed by atoms with Crippen LogP contribution >= 0.6 is 15.9 Å². The summed E-state index contributed by atoms with van der Waals surface area (Å²) in [6, 6.07) is 3.50. The van der Waals surface area contributed by atoms with Gasteiger partial charge in [-0.05, 0) is 41.1 Å². The van der Waals surface area contributed by atoms with E-state index in [1.165, 1.54) is 6.07 Å². The standard InChI is InChI=1S/C14H13BrF3N3/c1-3-6-19-13-20-9(2)8-21(13)12-7-10(14(16,17)18)4-5-11(12)15/h3-5,7-8H,1,6H2,2H3,(H,19,20). The molecule has 7 heteroatoms. The Hall–Kier alpha value is -1.76. The normalized spacial score (nSPS) is 11.5. The van der Waals surface area contributed by atoms with Crippen molar-refractivity contribution >= 4 is 21.9 Å². The maximum atomic E-state index is 12.9. The Morgan fingerprint density at radius 3 is 2.76 bits per heavy atom. The van der Waals surface area contributed by atoms with E-state index in [1.807, 2.05) is 0 Å². The molecule has 0 bridgehead atoms. The highest BCUT2D eigenvalue weighted by molar-refractivity contribution is 9.10. The fraction of sp³-hybridized carbons (Fsp3) is 0.214. The van der Waals surface area contributed by atoms with Gasteiger partial charge in [0.2, 0.25) is 5.95 Å². The largest absolute Gasteiger partial charge is 0.416 e. The molecule has 1 N–H and O–H groups in total. The number of aromatic nitrogens is 2. The van der Waals surface area contributed by atoms with Gasteiger partial charge >= 0.3 is 6.18 Å². The van der Waals surface area contributed by atoms with Gasteiger partial charge in [-0.3, -0.25) is 4.57 Å². The van der Waals surface area contributed by atoms with E-state index in [0.717, 1.165) is 12.1 Å². The summed E-state index contributed by atoms with van der Waals surface area (Å²) in [6.45, 7) is 5.83. The van der Waals surface area contributed by atoms with E-state index in [4.69, 9.17) is 0 Å². The van der Waals surface area contributed by atoms with Crippen molar-refractivity contribution in [1.82, 2.24) is 9.55 Å². The third-order valence-corrected chi connectivity index (χ3v) is 3.43. The lowest BCUT2D eigenvalue weighted by Gasteiger charge is -2.13. The average molecular weight is 360 g/mol. The van der Waals surface area contributed by atoms with Crippen LogP contribution < -0.4 is 5.32 Å². The molecule has 0 radical (unpaired) electrons. The molecule has 0 saturated heterocycles. The van der Waals surface area contributed by atoms with E-state index in [2.05, 4.69) is 32.8 Å². The fourth-order valence-corrected chi connectivity index (χ4v) is 2.28. The molecule has 1 aromatic carbocycles. The molecule has 0 unspecified atom stereocenters. The van der Waals surface area contributed by atoms with Crippen LogP contribution in [-0.2, 0) is 6.18 Å². The highest BCUT2D eigenvalue weighted by atomic mass is 79.9. The molecular formula is C14H13BrF3N3. The van der Waals surface area contributed by atoms with Crippen molar-refractivity contribution in [2.24, 2.45) is 0 Å². The molecule has 0 atom stereocenters. The van der Waals surface area contributed by atoms with Gasteiger partial charge < -0.3 is 5.32 Å².